The molecule has 0 unspecified atom stereocenters. The quantitative estimate of drug-likeness (QED) is 0.810. The lowest BCUT2D eigenvalue weighted by Gasteiger charge is -1.95. The van der Waals surface area contributed by atoms with Gasteiger partial charge in [-0.15, -0.1) is 0 Å². The Morgan fingerprint density at radius 2 is 2.20 bits per heavy atom. The second-order valence-electron chi connectivity index (χ2n) is 2.78. The SMILES string of the molecule is O=C(O)c1nonc1-c1cccc(F)c1. The highest BCUT2D eigenvalue weighted by atomic mass is 19.1. The summed E-state index contributed by atoms with van der Waals surface area (Å²) in [5.41, 5.74) is -0.00347. The Hall–Kier alpha value is -2.24. The van der Waals surface area contributed by atoms with E-state index in [1.165, 1.54) is 18.2 Å². The average molecular weight is 208 g/mol. The molecule has 0 fully saturated rings. The summed E-state index contributed by atoms with van der Waals surface area (Å²) in [6, 6.07) is 5.38. The van der Waals surface area contributed by atoms with Crippen molar-refractivity contribution in [3.63, 3.8) is 0 Å². The third-order valence-corrected chi connectivity index (χ3v) is 1.79. The molecule has 0 amide bonds. The zero-order valence-corrected chi connectivity index (χ0v) is 7.35. The van der Waals surface area contributed by atoms with Gasteiger partial charge in [0.2, 0.25) is 5.69 Å². The van der Waals surface area contributed by atoms with Crippen LogP contribution < -0.4 is 0 Å². The molecule has 5 nitrogen and oxygen atoms in total. The van der Waals surface area contributed by atoms with E-state index in [2.05, 4.69) is 14.9 Å². The zero-order valence-electron chi connectivity index (χ0n) is 7.35. The summed E-state index contributed by atoms with van der Waals surface area (Å²) in [5.74, 6) is -1.75. The smallest absolute Gasteiger partial charge is 0.360 e. The maximum Gasteiger partial charge on any atom is 0.360 e. The van der Waals surface area contributed by atoms with Crippen LogP contribution in [0.3, 0.4) is 0 Å². The minimum atomic E-state index is -1.27. The number of rotatable bonds is 2. The second kappa shape index (κ2) is 3.49. The van der Waals surface area contributed by atoms with Crippen LogP contribution >= 0.6 is 0 Å². The third-order valence-electron chi connectivity index (χ3n) is 1.79. The number of carbonyl (C=O) groups is 1. The van der Waals surface area contributed by atoms with E-state index < -0.39 is 11.8 Å². The lowest BCUT2D eigenvalue weighted by molar-refractivity contribution is 0.0685. The van der Waals surface area contributed by atoms with E-state index in [-0.39, 0.29) is 11.4 Å². The Morgan fingerprint density at radius 3 is 2.87 bits per heavy atom. The highest BCUT2D eigenvalue weighted by molar-refractivity contribution is 5.92. The van der Waals surface area contributed by atoms with Crippen molar-refractivity contribution in [2.75, 3.05) is 0 Å². The van der Waals surface area contributed by atoms with Crippen LogP contribution in [0.1, 0.15) is 10.5 Å². The van der Waals surface area contributed by atoms with Crippen molar-refractivity contribution in [2.24, 2.45) is 0 Å². The molecule has 0 spiro atoms. The Morgan fingerprint density at radius 1 is 1.40 bits per heavy atom. The molecule has 1 N–H and O–H groups in total. The topological polar surface area (TPSA) is 76.2 Å². The third kappa shape index (κ3) is 1.69. The molecule has 2 rings (SSSR count). The molecule has 0 atom stereocenters. The normalized spacial score (nSPS) is 10.2. The first-order valence-electron chi connectivity index (χ1n) is 4.00. The number of aromatic carboxylic acids is 1. The van der Waals surface area contributed by atoms with Crippen LogP contribution in [0.25, 0.3) is 11.3 Å². The number of aromatic nitrogens is 2. The summed E-state index contributed by atoms with van der Waals surface area (Å²) in [7, 11) is 0. The van der Waals surface area contributed by atoms with E-state index in [0.29, 0.717) is 5.56 Å². The van der Waals surface area contributed by atoms with E-state index in [9.17, 15) is 9.18 Å². The molecule has 0 saturated carbocycles. The van der Waals surface area contributed by atoms with Crippen molar-refractivity contribution in [1.29, 1.82) is 0 Å². The molecule has 15 heavy (non-hydrogen) atoms. The molecule has 1 heterocycles. The Labute approximate surface area is 83.1 Å². The monoisotopic (exact) mass is 208 g/mol. The summed E-state index contributed by atoms with van der Waals surface area (Å²) in [6.45, 7) is 0. The van der Waals surface area contributed by atoms with E-state index in [4.69, 9.17) is 5.11 Å². The Bertz CT molecular complexity index is 510. The molecular weight excluding hydrogens is 203 g/mol. The first-order valence-corrected chi connectivity index (χ1v) is 4.00. The molecule has 0 bridgehead atoms. The fourth-order valence-corrected chi connectivity index (χ4v) is 1.15. The maximum absolute atomic E-state index is 12.9. The number of hydrogen-bond donors (Lipinski definition) is 1. The van der Waals surface area contributed by atoms with Crippen LogP contribution in [0, 0.1) is 5.82 Å². The molecule has 0 aliphatic heterocycles. The minimum absolute atomic E-state index is 0.0157. The highest BCUT2D eigenvalue weighted by Crippen LogP contribution is 2.20. The van der Waals surface area contributed by atoms with Gasteiger partial charge in [0.15, 0.2) is 0 Å². The minimum Gasteiger partial charge on any atom is -0.476 e. The van der Waals surface area contributed by atoms with Gasteiger partial charge in [-0.3, -0.25) is 0 Å². The largest absolute Gasteiger partial charge is 0.476 e. The molecule has 76 valence electrons. The van der Waals surface area contributed by atoms with E-state index in [0.717, 1.165) is 6.07 Å². The van der Waals surface area contributed by atoms with Crippen LogP contribution in [-0.2, 0) is 0 Å². The lowest BCUT2D eigenvalue weighted by atomic mass is 10.1. The molecule has 1 aromatic carbocycles. The van der Waals surface area contributed by atoms with Gasteiger partial charge in [0.1, 0.15) is 11.5 Å². The van der Waals surface area contributed by atoms with Gasteiger partial charge in [-0.2, -0.15) is 0 Å². The number of nitrogens with zero attached hydrogens (tertiary/aromatic N) is 2. The van der Waals surface area contributed by atoms with Crippen molar-refractivity contribution in [2.45, 2.75) is 0 Å². The van der Waals surface area contributed by atoms with Crippen molar-refractivity contribution in [3.8, 4) is 11.3 Å². The van der Waals surface area contributed by atoms with Gasteiger partial charge in [-0.05, 0) is 22.4 Å². The summed E-state index contributed by atoms with van der Waals surface area (Å²) in [4.78, 5) is 10.7. The van der Waals surface area contributed by atoms with Gasteiger partial charge in [-0.1, -0.05) is 12.1 Å². The number of hydrogen-bond acceptors (Lipinski definition) is 4. The number of halogens is 1. The van der Waals surface area contributed by atoms with Crippen LogP contribution in [0.5, 0.6) is 0 Å². The molecule has 6 heteroatoms. The number of carboxylic acids is 1. The van der Waals surface area contributed by atoms with Crippen molar-refractivity contribution in [1.82, 2.24) is 10.3 Å². The van der Waals surface area contributed by atoms with Gasteiger partial charge in [0.05, 0.1) is 0 Å². The van der Waals surface area contributed by atoms with E-state index in [1.807, 2.05) is 0 Å². The molecule has 0 saturated heterocycles. The van der Waals surface area contributed by atoms with E-state index in [1.54, 1.807) is 0 Å². The second-order valence-corrected chi connectivity index (χ2v) is 2.78. The summed E-state index contributed by atoms with van der Waals surface area (Å²) in [6.07, 6.45) is 0. The molecule has 0 aliphatic carbocycles. The zero-order chi connectivity index (χ0) is 10.8. The lowest BCUT2D eigenvalue weighted by Crippen LogP contribution is -1.99. The fraction of sp³-hybridized carbons (Fsp3) is 0. The predicted octanol–water partition coefficient (Wildman–Crippen LogP) is 1.57. The molecule has 2 aromatic rings. The number of carboxylic acid groups (broad SMARTS) is 1. The van der Waals surface area contributed by atoms with Gasteiger partial charge >= 0.3 is 5.97 Å². The van der Waals surface area contributed by atoms with Crippen molar-refractivity contribution < 1.29 is 18.9 Å². The molecule has 0 aliphatic rings. The maximum atomic E-state index is 12.9. The van der Waals surface area contributed by atoms with Crippen LogP contribution in [-0.4, -0.2) is 21.4 Å². The molecule has 0 radical (unpaired) electrons. The van der Waals surface area contributed by atoms with Crippen LogP contribution in [0.4, 0.5) is 4.39 Å². The standard InChI is InChI=1S/C9H5FN2O3/c10-6-3-1-2-5(4-6)7-8(9(13)14)12-15-11-7/h1-4H,(H,13,14). The van der Waals surface area contributed by atoms with E-state index >= 15 is 0 Å². The van der Waals surface area contributed by atoms with Gasteiger partial charge in [-0.25, -0.2) is 13.8 Å². The number of benzene rings is 1. The van der Waals surface area contributed by atoms with Gasteiger partial charge < -0.3 is 5.11 Å². The van der Waals surface area contributed by atoms with Crippen LogP contribution in [0.2, 0.25) is 0 Å². The van der Waals surface area contributed by atoms with Gasteiger partial charge in [0.25, 0.3) is 0 Å². The first kappa shape index (κ1) is 9.32. The molecular formula is C9H5FN2O3. The van der Waals surface area contributed by atoms with Crippen molar-refractivity contribution in [3.05, 3.63) is 35.8 Å². The summed E-state index contributed by atoms with van der Waals surface area (Å²) in [5, 5.41) is 15.4. The predicted molar refractivity (Wildman–Crippen MR) is 46.7 cm³/mol. The molecule has 1 aromatic heterocycles. The van der Waals surface area contributed by atoms with Crippen LogP contribution in [0.15, 0.2) is 28.9 Å². The summed E-state index contributed by atoms with van der Waals surface area (Å²) >= 11 is 0. The fourth-order valence-electron chi connectivity index (χ4n) is 1.15. The Balaban J connectivity index is 2.54. The van der Waals surface area contributed by atoms with Gasteiger partial charge in [0, 0.05) is 5.56 Å². The highest BCUT2D eigenvalue weighted by Gasteiger charge is 2.18. The first-order chi connectivity index (χ1) is 7.18. The van der Waals surface area contributed by atoms with Crippen molar-refractivity contribution >= 4 is 5.97 Å². The summed E-state index contributed by atoms with van der Waals surface area (Å²) < 4.78 is 17.2. The Kier molecular flexibility index (Phi) is 2.17. The average Bonchev–Trinajstić information content (AvgIpc) is 2.65.